The minimum absolute atomic E-state index is 0.0177. The van der Waals surface area contributed by atoms with E-state index in [1.54, 1.807) is 37.3 Å². The molecule has 1 aromatic heterocycles. The van der Waals surface area contributed by atoms with Crippen LogP contribution in [-0.2, 0) is 9.59 Å². The largest absolute Gasteiger partial charge is 0.457 e. The van der Waals surface area contributed by atoms with Gasteiger partial charge in [0.05, 0.1) is 0 Å². The minimum Gasteiger partial charge on any atom is -0.457 e. The summed E-state index contributed by atoms with van der Waals surface area (Å²) in [4.78, 5) is 26.2. The van der Waals surface area contributed by atoms with Crippen molar-refractivity contribution in [2.24, 2.45) is 0 Å². The Morgan fingerprint density at radius 1 is 1.22 bits per heavy atom. The third-order valence-corrected chi connectivity index (χ3v) is 4.53. The monoisotopic (exact) mass is 380 g/mol. The molecule has 0 saturated carbocycles. The molecule has 6 heteroatoms. The van der Waals surface area contributed by atoms with Crippen molar-refractivity contribution in [3.05, 3.63) is 63.9 Å². The Bertz CT molecular complexity index is 1020. The van der Waals surface area contributed by atoms with Crippen LogP contribution in [0.5, 0.6) is 0 Å². The number of halogens is 1. The second-order valence-electron chi connectivity index (χ2n) is 6.14. The smallest absolute Gasteiger partial charge is 0.271 e. The number of nitriles is 1. The second-order valence-corrected chi connectivity index (χ2v) is 6.58. The molecule has 0 atom stereocenters. The first-order valence-electron chi connectivity index (χ1n) is 8.51. The molecule has 0 aliphatic carbocycles. The van der Waals surface area contributed by atoms with Gasteiger partial charge in [0, 0.05) is 22.7 Å². The zero-order chi connectivity index (χ0) is 19.6. The Kier molecular flexibility index (Phi) is 5.29. The summed E-state index contributed by atoms with van der Waals surface area (Å²) in [6.45, 7) is 3.73. The predicted molar refractivity (Wildman–Crippen MR) is 102 cm³/mol. The summed E-state index contributed by atoms with van der Waals surface area (Å²) in [7, 11) is 0. The molecule has 0 saturated heterocycles. The Balaban J connectivity index is 2.03. The van der Waals surface area contributed by atoms with Gasteiger partial charge >= 0.3 is 0 Å². The number of carbonyl (C=O) groups is 2. The van der Waals surface area contributed by atoms with Crippen molar-refractivity contribution in [3.8, 4) is 17.4 Å². The summed E-state index contributed by atoms with van der Waals surface area (Å²) in [6.07, 6.45) is 2.18. The third kappa shape index (κ3) is 3.57. The van der Waals surface area contributed by atoms with E-state index in [0.29, 0.717) is 28.5 Å². The van der Waals surface area contributed by atoms with E-state index in [-0.39, 0.29) is 17.7 Å². The highest BCUT2D eigenvalue weighted by Gasteiger charge is 2.35. The van der Waals surface area contributed by atoms with Crippen LogP contribution in [-0.4, -0.2) is 23.3 Å². The SMILES string of the molecule is CCCN1C(=O)C(C#N)=C(C)/C(=C\c2ccc(-c3cccc(Cl)c3)o2)C1=O. The Morgan fingerprint density at radius 2 is 2.00 bits per heavy atom. The number of carbonyl (C=O) groups excluding carboxylic acids is 2. The summed E-state index contributed by atoms with van der Waals surface area (Å²) in [6, 6.07) is 12.7. The van der Waals surface area contributed by atoms with Gasteiger partial charge in [-0.1, -0.05) is 30.7 Å². The van der Waals surface area contributed by atoms with Crippen LogP contribution >= 0.6 is 11.6 Å². The van der Waals surface area contributed by atoms with Crippen LogP contribution in [0.3, 0.4) is 0 Å². The molecule has 2 heterocycles. The number of hydrogen-bond donors (Lipinski definition) is 0. The van der Waals surface area contributed by atoms with E-state index in [1.165, 1.54) is 0 Å². The first kappa shape index (κ1) is 18.7. The van der Waals surface area contributed by atoms with Gasteiger partial charge in [0.15, 0.2) is 0 Å². The minimum atomic E-state index is -0.543. The average Bonchev–Trinajstić information content (AvgIpc) is 3.11. The fourth-order valence-corrected chi connectivity index (χ4v) is 3.12. The molecule has 136 valence electrons. The first-order chi connectivity index (χ1) is 13.0. The molecule has 27 heavy (non-hydrogen) atoms. The highest BCUT2D eigenvalue weighted by molar-refractivity contribution is 6.30. The molecule has 0 unspecified atom stereocenters. The van der Waals surface area contributed by atoms with Crippen molar-refractivity contribution in [3.63, 3.8) is 0 Å². The van der Waals surface area contributed by atoms with Crippen molar-refractivity contribution < 1.29 is 14.0 Å². The lowest BCUT2D eigenvalue weighted by molar-refractivity contribution is -0.140. The van der Waals surface area contributed by atoms with Gasteiger partial charge in [0.2, 0.25) is 0 Å². The van der Waals surface area contributed by atoms with E-state index in [0.717, 1.165) is 10.5 Å². The summed E-state index contributed by atoms with van der Waals surface area (Å²) in [5, 5.41) is 9.93. The third-order valence-electron chi connectivity index (χ3n) is 4.30. The van der Waals surface area contributed by atoms with Crippen molar-refractivity contribution in [2.45, 2.75) is 20.3 Å². The van der Waals surface area contributed by atoms with Crippen LogP contribution in [0.2, 0.25) is 5.02 Å². The topological polar surface area (TPSA) is 74.3 Å². The summed E-state index contributed by atoms with van der Waals surface area (Å²) < 4.78 is 5.82. The van der Waals surface area contributed by atoms with Crippen LogP contribution in [0, 0.1) is 11.3 Å². The average molecular weight is 381 g/mol. The van der Waals surface area contributed by atoms with Crippen LogP contribution in [0.15, 0.2) is 57.5 Å². The zero-order valence-corrected chi connectivity index (χ0v) is 15.7. The number of furan rings is 1. The second kappa shape index (κ2) is 7.65. The van der Waals surface area contributed by atoms with E-state index in [2.05, 4.69) is 0 Å². The van der Waals surface area contributed by atoms with Gasteiger partial charge in [-0.05, 0) is 49.3 Å². The number of amides is 2. The summed E-state index contributed by atoms with van der Waals surface area (Å²) in [5.74, 6) is 0.101. The molecule has 0 bridgehead atoms. The molecule has 1 aliphatic rings. The highest BCUT2D eigenvalue weighted by Crippen LogP contribution is 2.30. The van der Waals surface area contributed by atoms with Crippen molar-refractivity contribution in [1.82, 2.24) is 4.90 Å². The molecule has 0 spiro atoms. The molecular formula is C21H17ClN2O3. The highest BCUT2D eigenvalue weighted by atomic mass is 35.5. The van der Waals surface area contributed by atoms with E-state index >= 15 is 0 Å². The van der Waals surface area contributed by atoms with Crippen molar-refractivity contribution in [1.29, 1.82) is 5.26 Å². The van der Waals surface area contributed by atoms with Gasteiger partial charge in [0.1, 0.15) is 23.2 Å². The number of imide groups is 1. The van der Waals surface area contributed by atoms with Gasteiger partial charge in [-0.15, -0.1) is 0 Å². The molecule has 2 amide bonds. The Morgan fingerprint density at radius 3 is 2.67 bits per heavy atom. The maximum absolute atomic E-state index is 12.8. The maximum atomic E-state index is 12.8. The standard InChI is InChI=1S/C21H17ClN2O3/c1-3-9-24-20(25)17(13(2)18(12-23)21(24)26)11-16-7-8-19(27-16)14-5-4-6-15(22)10-14/h4-8,10-11H,3,9H2,1-2H3/b17-11+. The first-order valence-corrected chi connectivity index (χ1v) is 8.89. The lowest BCUT2D eigenvalue weighted by Gasteiger charge is -2.26. The van der Waals surface area contributed by atoms with Crippen LogP contribution < -0.4 is 0 Å². The number of hydrogen-bond acceptors (Lipinski definition) is 4. The Hall–Kier alpha value is -3.10. The molecule has 0 N–H and O–H groups in total. The van der Waals surface area contributed by atoms with Crippen molar-refractivity contribution >= 4 is 29.5 Å². The molecule has 1 aliphatic heterocycles. The molecule has 0 fully saturated rings. The summed E-state index contributed by atoms with van der Waals surface area (Å²) in [5.41, 5.74) is 1.44. The van der Waals surface area contributed by atoms with Crippen LogP contribution in [0.4, 0.5) is 0 Å². The molecule has 3 rings (SSSR count). The Labute approximate surface area is 162 Å². The summed E-state index contributed by atoms with van der Waals surface area (Å²) >= 11 is 6.01. The predicted octanol–water partition coefficient (Wildman–Crippen LogP) is 4.60. The van der Waals surface area contributed by atoms with Gasteiger partial charge in [-0.3, -0.25) is 14.5 Å². The quantitative estimate of drug-likeness (QED) is 0.573. The number of benzene rings is 1. The van der Waals surface area contributed by atoms with Gasteiger partial charge in [-0.2, -0.15) is 5.26 Å². The van der Waals surface area contributed by atoms with Gasteiger partial charge in [0.25, 0.3) is 11.8 Å². The molecular weight excluding hydrogens is 364 g/mol. The molecule has 5 nitrogen and oxygen atoms in total. The zero-order valence-electron chi connectivity index (χ0n) is 15.0. The number of nitrogens with zero attached hydrogens (tertiary/aromatic N) is 2. The van der Waals surface area contributed by atoms with Crippen molar-refractivity contribution in [2.75, 3.05) is 6.54 Å². The van der Waals surface area contributed by atoms with E-state index in [4.69, 9.17) is 16.0 Å². The lowest BCUT2D eigenvalue weighted by Crippen LogP contribution is -2.43. The number of rotatable bonds is 4. The molecule has 1 aromatic carbocycles. The van der Waals surface area contributed by atoms with E-state index in [9.17, 15) is 14.9 Å². The van der Waals surface area contributed by atoms with Crippen LogP contribution in [0.25, 0.3) is 17.4 Å². The van der Waals surface area contributed by atoms with E-state index < -0.39 is 11.8 Å². The molecule has 2 aromatic rings. The maximum Gasteiger partial charge on any atom is 0.271 e. The fraction of sp³-hybridized carbons (Fsp3) is 0.190. The van der Waals surface area contributed by atoms with Crippen LogP contribution in [0.1, 0.15) is 26.0 Å². The van der Waals surface area contributed by atoms with Gasteiger partial charge < -0.3 is 4.42 Å². The fourth-order valence-electron chi connectivity index (χ4n) is 2.93. The lowest BCUT2D eigenvalue weighted by atomic mass is 9.94. The molecule has 0 radical (unpaired) electrons. The van der Waals surface area contributed by atoms with Gasteiger partial charge in [-0.25, -0.2) is 0 Å². The van der Waals surface area contributed by atoms with E-state index in [1.807, 2.05) is 25.1 Å². The normalized spacial score (nSPS) is 16.2.